The van der Waals surface area contributed by atoms with Gasteiger partial charge >= 0.3 is 0 Å². The molecule has 1 aromatic rings. The molecule has 0 bridgehead atoms. The van der Waals surface area contributed by atoms with Crippen LogP contribution in [-0.2, 0) is 0 Å². The van der Waals surface area contributed by atoms with Crippen LogP contribution in [0.2, 0.25) is 5.15 Å². The molecule has 0 aliphatic rings. The lowest BCUT2D eigenvalue weighted by molar-refractivity contribution is 0.437. The lowest BCUT2D eigenvalue weighted by atomic mass is 9.95. The number of anilines is 1. The second-order valence-electron chi connectivity index (χ2n) is 3.84. The van der Waals surface area contributed by atoms with Crippen molar-refractivity contribution < 1.29 is 0 Å². The number of rotatable bonds is 5. The van der Waals surface area contributed by atoms with E-state index in [0.717, 1.165) is 23.1 Å². The smallest absolute Gasteiger partial charge is 0.148 e. The fourth-order valence-electron chi connectivity index (χ4n) is 1.78. The van der Waals surface area contributed by atoms with E-state index < -0.39 is 0 Å². The summed E-state index contributed by atoms with van der Waals surface area (Å²) in [6.07, 6.45) is 3.78. The Morgan fingerprint density at radius 3 is 2.56 bits per heavy atom. The highest BCUT2D eigenvalue weighted by atomic mass is 79.9. The van der Waals surface area contributed by atoms with E-state index in [0.29, 0.717) is 17.1 Å². The van der Waals surface area contributed by atoms with Gasteiger partial charge in [-0.15, -0.1) is 0 Å². The second kappa shape index (κ2) is 6.40. The largest absolute Gasteiger partial charge is 0.366 e. The van der Waals surface area contributed by atoms with Gasteiger partial charge in [0, 0.05) is 6.04 Å². The van der Waals surface area contributed by atoms with Crippen LogP contribution in [0.4, 0.5) is 5.82 Å². The van der Waals surface area contributed by atoms with Gasteiger partial charge in [0.1, 0.15) is 17.3 Å². The average Bonchev–Trinajstić information content (AvgIpc) is 2.26. The second-order valence-corrected chi connectivity index (χ2v) is 4.99. The molecule has 0 spiro atoms. The van der Waals surface area contributed by atoms with Crippen molar-refractivity contribution in [2.75, 3.05) is 5.32 Å². The summed E-state index contributed by atoms with van der Waals surface area (Å²) < 4.78 is 0.731. The summed E-state index contributed by atoms with van der Waals surface area (Å²) in [5.41, 5.74) is 0. The summed E-state index contributed by atoms with van der Waals surface area (Å²) >= 11 is 9.29. The molecular formula is C11H17BrClN3. The number of nitrogens with one attached hydrogen (secondary N) is 1. The number of hydrogen-bond acceptors (Lipinski definition) is 3. The summed E-state index contributed by atoms with van der Waals surface area (Å²) in [7, 11) is 0. The van der Waals surface area contributed by atoms with Gasteiger partial charge in [0.15, 0.2) is 0 Å². The number of halogens is 2. The van der Waals surface area contributed by atoms with Crippen molar-refractivity contribution in [2.24, 2.45) is 5.92 Å². The maximum atomic E-state index is 5.91. The van der Waals surface area contributed by atoms with Crippen molar-refractivity contribution >= 4 is 33.3 Å². The Kier molecular flexibility index (Phi) is 5.49. The van der Waals surface area contributed by atoms with Gasteiger partial charge in [-0.2, -0.15) is 0 Å². The predicted molar refractivity (Wildman–Crippen MR) is 71.9 cm³/mol. The van der Waals surface area contributed by atoms with Crippen molar-refractivity contribution in [1.29, 1.82) is 0 Å². The van der Waals surface area contributed by atoms with Gasteiger partial charge in [0.05, 0.1) is 4.47 Å². The van der Waals surface area contributed by atoms with Crippen molar-refractivity contribution in [1.82, 2.24) is 9.97 Å². The zero-order valence-corrected chi connectivity index (χ0v) is 12.1. The molecule has 1 N–H and O–H groups in total. The minimum absolute atomic E-state index is 0.372. The van der Waals surface area contributed by atoms with Crippen molar-refractivity contribution in [3.63, 3.8) is 0 Å². The Morgan fingerprint density at radius 1 is 1.38 bits per heavy atom. The normalized spacial score (nSPS) is 12.9. The maximum absolute atomic E-state index is 5.91. The Hall–Kier alpha value is -0.350. The molecule has 0 fully saturated rings. The topological polar surface area (TPSA) is 37.8 Å². The molecule has 0 saturated heterocycles. The first-order chi connectivity index (χ1) is 7.60. The summed E-state index contributed by atoms with van der Waals surface area (Å²) in [5.74, 6) is 1.40. The van der Waals surface area contributed by atoms with E-state index in [9.17, 15) is 0 Å². The van der Waals surface area contributed by atoms with Crippen molar-refractivity contribution in [2.45, 2.75) is 39.7 Å². The molecule has 5 heteroatoms. The summed E-state index contributed by atoms with van der Waals surface area (Å²) in [6, 6.07) is 0.372. The molecule has 0 aliphatic carbocycles. The van der Waals surface area contributed by atoms with Crippen LogP contribution in [0.5, 0.6) is 0 Å². The highest BCUT2D eigenvalue weighted by Crippen LogP contribution is 2.27. The highest BCUT2D eigenvalue weighted by Gasteiger charge is 2.15. The molecule has 0 aliphatic heterocycles. The summed E-state index contributed by atoms with van der Waals surface area (Å²) in [4.78, 5) is 8.08. The molecule has 90 valence electrons. The van der Waals surface area contributed by atoms with E-state index in [1.54, 1.807) is 0 Å². The van der Waals surface area contributed by atoms with E-state index in [1.165, 1.54) is 6.33 Å². The van der Waals surface area contributed by atoms with Gasteiger partial charge in [-0.1, -0.05) is 38.3 Å². The zero-order chi connectivity index (χ0) is 12.1. The van der Waals surface area contributed by atoms with Crippen LogP contribution in [0.3, 0.4) is 0 Å². The van der Waals surface area contributed by atoms with E-state index in [1.807, 2.05) is 0 Å². The first kappa shape index (κ1) is 13.7. The Bertz CT molecular complexity index is 342. The third-order valence-corrected chi connectivity index (χ3v) is 4.13. The lowest BCUT2D eigenvalue weighted by Crippen LogP contribution is -2.25. The Labute approximate surface area is 110 Å². The van der Waals surface area contributed by atoms with Crippen LogP contribution in [0.25, 0.3) is 0 Å². The monoisotopic (exact) mass is 305 g/mol. The van der Waals surface area contributed by atoms with Crippen LogP contribution in [0.1, 0.15) is 33.6 Å². The van der Waals surface area contributed by atoms with Crippen LogP contribution in [0, 0.1) is 5.92 Å². The third kappa shape index (κ3) is 3.32. The van der Waals surface area contributed by atoms with E-state index in [4.69, 9.17) is 11.6 Å². The van der Waals surface area contributed by atoms with E-state index >= 15 is 0 Å². The van der Waals surface area contributed by atoms with Crippen molar-refractivity contribution in [3.05, 3.63) is 16.0 Å². The molecule has 16 heavy (non-hydrogen) atoms. The minimum atomic E-state index is 0.372. The third-order valence-electron chi connectivity index (χ3n) is 2.87. The quantitative estimate of drug-likeness (QED) is 0.831. The first-order valence-electron chi connectivity index (χ1n) is 5.52. The van der Waals surface area contributed by atoms with Crippen LogP contribution in [-0.4, -0.2) is 16.0 Å². The molecule has 0 amide bonds. The molecule has 1 unspecified atom stereocenters. The number of nitrogens with zero attached hydrogens (tertiary/aromatic N) is 2. The SMILES string of the molecule is CCC(CC)C(C)Nc1ncnc(Cl)c1Br. The minimum Gasteiger partial charge on any atom is -0.366 e. The fraction of sp³-hybridized carbons (Fsp3) is 0.636. The van der Waals surface area contributed by atoms with Gasteiger partial charge in [-0.25, -0.2) is 9.97 Å². The molecule has 0 aromatic carbocycles. The maximum Gasteiger partial charge on any atom is 0.148 e. The number of hydrogen-bond donors (Lipinski definition) is 1. The molecule has 3 nitrogen and oxygen atoms in total. The van der Waals surface area contributed by atoms with Gasteiger partial charge in [0.25, 0.3) is 0 Å². The Balaban J connectivity index is 2.76. The van der Waals surface area contributed by atoms with Gasteiger partial charge < -0.3 is 5.32 Å². The van der Waals surface area contributed by atoms with E-state index in [2.05, 4.69) is 52.0 Å². The first-order valence-corrected chi connectivity index (χ1v) is 6.69. The lowest BCUT2D eigenvalue weighted by Gasteiger charge is -2.23. The summed E-state index contributed by atoms with van der Waals surface area (Å²) in [5, 5.41) is 3.81. The molecule has 1 aromatic heterocycles. The van der Waals surface area contributed by atoms with Gasteiger partial charge in [-0.05, 0) is 28.8 Å². The molecule has 1 heterocycles. The number of aromatic nitrogens is 2. The highest BCUT2D eigenvalue weighted by molar-refractivity contribution is 9.10. The van der Waals surface area contributed by atoms with Crippen LogP contribution >= 0.6 is 27.5 Å². The standard InChI is InChI=1S/C11H17BrClN3/c1-4-8(5-2)7(3)16-11-9(12)10(13)14-6-15-11/h6-8H,4-5H2,1-3H3,(H,14,15,16). The predicted octanol–water partition coefficient (Wildman–Crippen LogP) is 4.13. The molecule has 0 radical (unpaired) electrons. The van der Waals surface area contributed by atoms with Crippen LogP contribution in [0.15, 0.2) is 10.8 Å². The van der Waals surface area contributed by atoms with E-state index in [-0.39, 0.29) is 0 Å². The molecular weight excluding hydrogens is 289 g/mol. The van der Waals surface area contributed by atoms with Gasteiger partial charge in [0.2, 0.25) is 0 Å². The summed E-state index contributed by atoms with van der Waals surface area (Å²) in [6.45, 7) is 6.57. The average molecular weight is 307 g/mol. The van der Waals surface area contributed by atoms with Gasteiger partial charge in [-0.3, -0.25) is 0 Å². The molecule has 1 atom stereocenters. The van der Waals surface area contributed by atoms with Crippen molar-refractivity contribution in [3.8, 4) is 0 Å². The Morgan fingerprint density at radius 2 is 2.00 bits per heavy atom. The van der Waals surface area contributed by atoms with Crippen LogP contribution < -0.4 is 5.32 Å². The fourth-order valence-corrected chi connectivity index (χ4v) is 2.23. The molecule has 0 saturated carbocycles. The molecule has 1 rings (SSSR count). The zero-order valence-electron chi connectivity index (χ0n) is 9.80.